The Hall–Kier alpha value is -13.8. The molecular weight excluding hydrogens is 1580 g/mol. The molecule has 8 aromatic heterocycles. The Morgan fingerprint density at radius 1 is 0.426 bits per heavy atom. The summed E-state index contributed by atoms with van der Waals surface area (Å²) in [4.78, 5) is 152. The molecule has 0 radical (unpaired) electrons. The molecule has 3 aliphatic heterocycles. The number of hydrogen-bond donors (Lipinski definition) is 3. The number of nitrogens with one attached hydrogen (secondary N) is 3. The number of ketones is 2. The SMILES string of the molecule is Cc1ccc(C(=O)Cc2ccc3c(=O)n4c(nc3c2)CCCCCC4)cc1.Cc1cnc(C(=O)Cc2ccc3c(=O)n4c(nc3c2)CCCCCC4)s1.Cc1cnc(NC(=O)c2ccc3c(=O)n4c(nc3c2)CCOCC4)s1.Cn1cnc2cc(/C=C/c3ccccc3)ccc2c1=O.Cn1cnc2cc(C(=O)Nc3nc4ccccc4[nH]3)ccc2c1=O. The Kier molecular flexibility index (Phi) is 26.0. The van der Waals surface area contributed by atoms with Crippen molar-refractivity contribution in [1.29, 1.82) is 0 Å². The second-order valence-corrected chi connectivity index (χ2v) is 32.8. The van der Waals surface area contributed by atoms with Crippen LogP contribution in [0.5, 0.6) is 0 Å². The number of thiazole rings is 2. The van der Waals surface area contributed by atoms with Gasteiger partial charge in [-0.2, -0.15) is 0 Å². The van der Waals surface area contributed by atoms with E-state index in [1.54, 1.807) is 73.8 Å². The van der Waals surface area contributed by atoms with Gasteiger partial charge in [-0.15, -0.1) is 22.7 Å². The molecule has 0 fully saturated rings. The van der Waals surface area contributed by atoms with Crippen molar-refractivity contribution in [3.8, 4) is 0 Å². The molecule has 8 aromatic carbocycles. The van der Waals surface area contributed by atoms with E-state index >= 15 is 0 Å². The zero-order chi connectivity index (χ0) is 84.9. The first-order chi connectivity index (χ1) is 59.2. The second kappa shape index (κ2) is 38.1. The maximum atomic E-state index is 12.9. The van der Waals surface area contributed by atoms with Gasteiger partial charge in [0, 0.05) is 98.1 Å². The summed E-state index contributed by atoms with van der Waals surface area (Å²) in [5.74, 6) is 2.33. The number of H-pyrrole nitrogens is 1. The number of aryl methyl sites for hydroxylation is 7. The van der Waals surface area contributed by atoms with Gasteiger partial charge in [-0.3, -0.25) is 67.5 Å². The summed E-state index contributed by atoms with van der Waals surface area (Å²) in [6.07, 6.45) is 22.3. The highest BCUT2D eigenvalue weighted by Crippen LogP contribution is 2.25. The summed E-state index contributed by atoms with van der Waals surface area (Å²) >= 11 is 2.83. The molecule has 11 heterocycles. The molecule has 2 amide bonds. The molecule has 3 N–H and O–H groups in total. The number of fused-ring (bicyclic) bond motifs is 9. The van der Waals surface area contributed by atoms with E-state index in [0.717, 1.165) is 117 Å². The predicted octanol–water partition coefficient (Wildman–Crippen LogP) is 15.1. The summed E-state index contributed by atoms with van der Waals surface area (Å²) in [5, 5.41) is 9.48. The number of carbonyl (C=O) groups is 4. The summed E-state index contributed by atoms with van der Waals surface area (Å²) in [6.45, 7) is 8.93. The molecule has 0 atom stereocenters. The lowest BCUT2D eigenvalue weighted by molar-refractivity contribution is 0.0984. The van der Waals surface area contributed by atoms with Crippen molar-refractivity contribution in [3.63, 3.8) is 0 Å². The number of imidazole rings is 1. The first kappa shape index (κ1) is 83.2. The van der Waals surface area contributed by atoms with Crippen molar-refractivity contribution < 1.29 is 23.9 Å². The fourth-order valence-corrected chi connectivity index (χ4v) is 16.1. The number of aromatic amines is 1. The lowest BCUT2D eigenvalue weighted by atomic mass is 10.0. The molecule has 26 nitrogen and oxygen atoms in total. The van der Waals surface area contributed by atoms with Crippen LogP contribution in [0.3, 0.4) is 0 Å². The van der Waals surface area contributed by atoms with Crippen molar-refractivity contribution in [2.24, 2.45) is 14.1 Å². The fourth-order valence-electron chi connectivity index (χ4n) is 14.7. The van der Waals surface area contributed by atoms with Crippen molar-refractivity contribution >= 4 is 135 Å². The number of anilines is 2. The second-order valence-electron chi connectivity index (χ2n) is 30.3. The first-order valence-corrected chi connectivity index (χ1v) is 42.2. The molecule has 0 aliphatic carbocycles. The Morgan fingerprint density at radius 3 is 1.51 bits per heavy atom. The van der Waals surface area contributed by atoms with Gasteiger partial charge in [-0.1, -0.05) is 128 Å². The van der Waals surface area contributed by atoms with E-state index in [0.29, 0.717) is 120 Å². The minimum absolute atomic E-state index is 0.00502. The van der Waals surface area contributed by atoms with Gasteiger partial charge in [0.15, 0.2) is 21.7 Å². The Morgan fingerprint density at radius 2 is 0.918 bits per heavy atom. The molecule has 0 saturated carbocycles. The molecule has 3 aliphatic rings. The highest BCUT2D eigenvalue weighted by Gasteiger charge is 2.21. The summed E-state index contributed by atoms with van der Waals surface area (Å²) in [6, 6.07) is 51.9. The number of carbonyl (C=O) groups excluding carboxylic acids is 4. The van der Waals surface area contributed by atoms with Gasteiger partial charge >= 0.3 is 0 Å². The van der Waals surface area contributed by atoms with Crippen LogP contribution in [0.1, 0.15) is 147 Å². The number of para-hydroxylation sites is 2. The standard InChI is InChI=1S/C23H24N2O2.C20H21N3O2S.C17H13N5O2.C17H16N4O3S.C17H14N2O/c1-16-7-10-18(11-8-16)21(26)15-17-9-12-19-20(14-17)24-22-6-4-2-3-5-13-25(22)23(19)27;1-13-12-21-19(26-13)17(24)11-14-7-8-15-16(10-14)22-18-6-4-2-3-5-9-23(18)20(15)25;1-22-9-18-14-8-10(6-7-11(14)16(22)24)15(23)21-17-19-12-4-2-3-5-13(12)20-17;1-10-9-18-17(25-10)20-15(22)11-2-3-12-13(8-11)19-14-4-6-24-7-5-21(14)16(12)23;1-19-12-18-16-11-14(9-10-15(16)17(19)20)8-7-13-5-3-2-4-6-13/h7-12,14H,2-6,13,15H2,1H3;7-8,10,12H,2-6,9,11H2,1H3;2-9H,1H3,(H2,19,20,21,23);2-3,8-9H,4-7H2,1H3,(H,18,20,22);2-12H,1H3/b;;;;8-7+. The molecule has 0 bridgehead atoms. The topological polar surface area (TPSA) is 330 Å². The number of Topliss-reactive ketones (excluding diaryl/α,β-unsaturated/α-hetero) is 2. The van der Waals surface area contributed by atoms with Crippen LogP contribution in [0, 0.1) is 20.8 Å². The van der Waals surface area contributed by atoms with Crippen LogP contribution >= 0.6 is 22.7 Å². The third-order valence-corrected chi connectivity index (χ3v) is 23.1. The highest BCUT2D eigenvalue weighted by molar-refractivity contribution is 7.15. The average Bonchev–Trinajstić information content (AvgIpc) is 1.04. The third-order valence-electron chi connectivity index (χ3n) is 21.3. The van der Waals surface area contributed by atoms with Crippen molar-refractivity contribution in [3.05, 3.63) is 323 Å². The van der Waals surface area contributed by atoms with Crippen LogP contribution in [-0.2, 0) is 70.6 Å². The fraction of sp³-hybridized carbons (Fsp3) is 0.245. The average molecular weight is 1670 g/mol. The van der Waals surface area contributed by atoms with Crippen LogP contribution in [0.25, 0.3) is 77.7 Å². The quantitative estimate of drug-likeness (QED) is 0.0755. The van der Waals surface area contributed by atoms with E-state index in [2.05, 4.69) is 45.5 Å². The number of aromatic nitrogens is 14. The zero-order valence-electron chi connectivity index (χ0n) is 68.1. The minimum atomic E-state index is -0.321. The van der Waals surface area contributed by atoms with E-state index in [1.165, 1.54) is 63.8 Å². The van der Waals surface area contributed by atoms with Crippen molar-refractivity contribution in [2.75, 3.05) is 23.8 Å². The largest absolute Gasteiger partial charge is 0.379 e. The lowest BCUT2D eigenvalue weighted by Crippen LogP contribution is -2.26. The van der Waals surface area contributed by atoms with Crippen LogP contribution in [0.4, 0.5) is 11.1 Å². The maximum absolute atomic E-state index is 12.9. The number of benzene rings is 8. The molecular formula is C94H88N16O10S2. The van der Waals surface area contributed by atoms with Gasteiger partial charge < -0.3 is 18.9 Å². The van der Waals surface area contributed by atoms with Crippen LogP contribution in [0.15, 0.2) is 219 Å². The summed E-state index contributed by atoms with van der Waals surface area (Å²) < 4.78 is 13.7. The Bertz CT molecular complexity index is 6990. The van der Waals surface area contributed by atoms with E-state index in [9.17, 15) is 43.2 Å². The van der Waals surface area contributed by atoms with Gasteiger partial charge in [-0.05, 0) is 154 Å². The summed E-state index contributed by atoms with van der Waals surface area (Å²) in [5.41, 5.74) is 11.2. The van der Waals surface area contributed by atoms with Gasteiger partial charge in [0.05, 0.1) is 98.0 Å². The minimum Gasteiger partial charge on any atom is -0.379 e. The molecule has 0 unspecified atom stereocenters. The van der Waals surface area contributed by atoms with Crippen LogP contribution in [0.2, 0.25) is 0 Å². The molecule has 0 saturated heterocycles. The third kappa shape index (κ3) is 19.9. The molecule has 16 aromatic rings. The van der Waals surface area contributed by atoms with Crippen LogP contribution < -0.4 is 38.4 Å². The Balaban J connectivity index is 0.000000119. The zero-order valence-corrected chi connectivity index (χ0v) is 69.7. The van der Waals surface area contributed by atoms with E-state index in [1.807, 2.05) is 176 Å². The van der Waals surface area contributed by atoms with Gasteiger partial charge in [-0.25, -0.2) is 39.9 Å². The predicted molar refractivity (Wildman–Crippen MR) is 479 cm³/mol. The molecule has 19 rings (SSSR count). The Labute approximate surface area is 707 Å². The normalized spacial score (nSPS) is 13.2. The van der Waals surface area contributed by atoms with Gasteiger partial charge in [0.25, 0.3) is 39.6 Å². The smallest absolute Gasteiger partial charge is 0.261 e. The number of hydrogen-bond acceptors (Lipinski definition) is 20. The number of nitrogens with zero attached hydrogens (tertiary/aromatic N) is 13. The maximum Gasteiger partial charge on any atom is 0.261 e. The van der Waals surface area contributed by atoms with Crippen LogP contribution in [-0.4, -0.2) is 104 Å². The molecule has 122 heavy (non-hydrogen) atoms. The number of amides is 2. The monoisotopic (exact) mass is 1660 g/mol. The van der Waals surface area contributed by atoms with Crippen molar-refractivity contribution in [1.82, 2.24) is 67.7 Å². The van der Waals surface area contributed by atoms with Gasteiger partial charge in [0.1, 0.15) is 17.5 Å². The first-order valence-electron chi connectivity index (χ1n) is 40.6. The van der Waals surface area contributed by atoms with Crippen molar-refractivity contribution in [2.45, 2.75) is 124 Å². The molecule has 616 valence electrons. The molecule has 28 heteroatoms. The lowest BCUT2D eigenvalue weighted by Gasteiger charge is -2.16. The number of ether oxygens (including phenoxy) is 1. The molecule has 0 spiro atoms. The number of rotatable bonds is 12. The summed E-state index contributed by atoms with van der Waals surface area (Å²) in [7, 11) is 3.34. The van der Waals surface area contributed by atoms with E-state index in [-0.39, 0.29) is 57.6 Å². The van der Waals surface area contributed by atoms with E-state index < -0.39 is 0 Å². The van der Waals surface area contributed by atoms with Gasteiger partial charge in [0.2, 0.25) is 5.95 Å². The highest BCUT2D eigenvalue weighted by atomic mass is 32.1. The van der Waals surface area contributed by atoms with E-state index in [4.69, 9.17) is 14.7 Å².